The molecule has 44 heavy (non-hydrogen) atoms. The molecule has 12 heteroatoms. The van der Waals surface area contributed by atoms with Crippen LogP contribution in [-0.4, -0.2) is 51.9 Å². The molecule has 1 N–H and O–H groups in total. The molecule has 2 aromatic heterocycles. The van der Waals surface area contributed by atoms with Crippen molar-refractivity contribution in [3.8, 4) is 11.5 Å². The van der Waals surface area contributed by atoms with Crippen LogP contribution in [0.4, 0.5) is 0 Å². The summed E-state index contributed by atoms with van der Waals surface area (Å²) in [5.41, 5.74) is 1.27. The topological polar surface area (TPSA) is 123 Å². The summed E-state index contributed by atoms with van der Waals surface area (Å²) >= 11 is 0. The van der Waals surface area contributed by atoms with Gasteiger partial charge in [-0.1, -0.05) is 54.6 Å². The van der Waals surface area contributed by atoms with E-state index in [0.29, 0.717) is 17.3 Å². The summed E-state index contributed by atoms with van der Waals surface area (Å²) in [5.74, 6) is 1.74. The summed E-state index contributed by atoms with van der Waals surface area (Å²) in [7, 11) is -0.0728. The number of imidazole rings is 1. The molecule has 1 saturated heterocycles. The predicted molar refractivity (Wildman–Crippen MR) is 162 cm³/mol. The first-order valence-electron chi connectivity index (χ1n) is 14.0. The minimum Gasteiger partial charge on any atom is -0.497 e. The van der Waals surface area contributed by atoms with Gasteiger partial charge in [0.1, 0.15) is 23.2 Å². The van der Waals surface area contributed by atoms with Crippen LogP contribution in [0.25, 0.3) is 5.78 Å². The van der Waals surface area contributed by atoms with Crippen LogP contribution in [0, 0.1) is 0 Å². The van der Waals surface area contributed by atoms with Crippen LogP contribution in [-0.2, 0) is 24.2 Å². The molecule has 3 aromatic carbocycles. The molecule has 4 atom stereocenters. The Morgan fingerprint density at radius 2 is 1.52 bits per heavy atom. The molecule has 0 radical (unpaired) electrons. The van der Waals surface area contributed by atoms with Gasteiger partial charge in [0.05, 0.1) is 26.9 Å². The minimum atomic E-state index is -3.31. The molecule has 3 heterocycles. The molecule has 1 aliphatic heterocycles. The van der Waals surface area contributed by atoms with Crippen LogP contribution in [0.3, 0.4) is 0 Å². The number of fused-ring (bicyclic) bond motifs is 1. The summed E-state index contributed by atoms with van der Waals surface area (Å²) in [6.45, 7) is 0.0978. The molecule has 11 nitrogen and oxygen atoms in total. The largest absolute Gasteiger partial charge is 0.497 e. The molecule has 1 aliphatic rings. The average molecular weight is 618 g/mol. The van der Waals surface area contributed by atoms with E-state index < -0.39 is 32.3 Å². The van der Waals surface area contributed by atoms with Crippen LogP contribution >= 0.6 is 8.25 Å². The van der Waals surface area contributed by atoms with Crippen molar-refractivity contribution in [2.24, 2.45) is 0 Å². The van der Waals surface area contributed by atoms with Gasteiger partial charge >= 0.3 is 8.25 Å². The third-order valence-electron chi connectivity index (χ3n) is 7.80. The number of nitrogens with zero attached hydrogens (tertiary/aromatic N) is 3. The van der Waals surface area contributed by atoms with E-state index in [1.165, 1.54) is 16.7 Å². The average Bonchev–Trinajstić information content (AvgIpc) is 3.71. The third-order valence-corrected chi connectivity index (χ3v) is 8.30. The Morgan fingerprint density at radius 1 is 0.909 bits per heavy atom. The lowest BCUT2D eigenvalue weighted by atomic mass is 9.80. The van der Waals surface area contributed by atoms with Crippen molar-refractivity contribution < 1.29 is 32.9 Å². The van der Waals surface area contributed by atoms with Gasteiger partial charge < -0.3 is 28.4 Å². The first-order chi connectivity index (χ1) is 21.4. The van der Waals surface area contributed by atoms with E-state index in [4.69, 9.17) is 23.5 Å². The van der Waals surface area contributed by atoms with Gasteiger partial charge in [-0.2, -0.15) is 0 Å². The van der Waals surface area contributed by atoms with E-state index in [0.717, 1.165) is 16.7 Å². The van der Waals surface area contributed by atoms with Crippen molar-refractivity contribution in [3.63, 3.8) is 0 Å². The fourth-order valence-corrected chi connectivity index (χ4v) is 6.22. The van der Waals surface area contributed by atoms with E-state index >= 15 is 0 Å². The lowest BCUT2D eigenvalue weighted by Crippen LogP contribution is -2.35. The summed E-state index contributed by atoms with van der Waals surface area (Å²) in [4.78, 5) is 26.4. The van der Waals surface area contributed by atoms with Crippen LogP contribution < -0.4 is 15.0 Å². The van der Waals surface area contributed by atoms with Crippen molar-refractivity contribution >= 4 is 14.0 Å². The van der Waals surface area contributed by atoms with Crippen molar-refractivity contribution in [2.45, 2.75) is 30.5 Å². The summed E-state index contributed by atoms with van der Waals surface area (Å²) in [6.07, 6.45) is 2.70. The van der Waals surface area contributed by atoms with Crippen LogP contribution in [0.1, 0.15) is 29.3 Å². The summed E-state index contributed by atoms with van der Waals surface area (Å²) in [5, 5.41) is 0. The zero-order valence-electron chi connectivity index (χ0n) is 24.1. The molecule has 1 fully saturated rings. The number of aromatic nitrogens is 3. The highest BCUT2D eigenvalue weighted by Crippen LogP contribution is 2.43. The monoisotopic (exact) mass is 617 g/mol. The van der Waals surface area contributed by atoms with Crippen LogP contribution in [0.2, 0.25) is 0 Å². The van der Waals surface area contributed by atoms with E-state index in [2.05, 4.69) is 4.98 Å². The zero-order valence-corrected chi connectivity index (χ0v) is 25.1. The highest BCUT2D eigenvalue weighted by atomic mass is 31.1. The van der Waals surface area contributed by atoms with E-state index in [1.807, 2.05) is 78.9 Å². The fraction of sp³-hybridized carbons (Fsp3) is 0.250. The van der Waals surface area contributed by atoms with Crippen LogP contribution in [0.15, 0.2) is 108 Å². The minimum absolute atomic E-state index is 0.0978. The van der Waals surface area contributed by atoms with Crippen molar-refractivity contribution in [1.29, 1.82) is 0 Å². The molecule has 0 bridgehead atoms. The Hall–Kier alpha value is -4.25. The number of benzene rings is 3. The van der Waals surface area contributed by atoms with Gasteiger partial charge in [0.25, 0.3) is 5.56 Å². The molecular weight excluding hydrogens is 585 g/mol. The molecule has 1 unspecified atom stereocenters. The second kappa shape index (κ2) is 12.8. The van der Waals surface area contributed by atoms with Gasteiger partial charge in [0.15, 0.2) is 6.23 Å². The van der Waals surface area contributed by atoms with Crippen molar-refractivity contribution in [1.82, 2.24) is 14.0 Å². The lowest BCUT2D eigenvalue weighted by molar-refractivity contribution is -0.0836. The molecule has 0 saturated carbocycles. The molecule has 228 valence electrons. The number of hydrogen-bond acceptors (Lipinski definition) is 8. The quantitative estimate of drug-likeness (QED) is 0.168. The fourth-order valence-electron chi connectivity index (χ4n) is 5.74. The Kier molecular flexibility index (Phi) is 8.65. The maximum absolute atomic E-state index is 12.3. The Balaban J connectivity index is 1.39. The van der Waals surface area contributed by atoms with Crippen molar-refractivity contribution in [3.05, 3.63) is 131 Å². The second-order valence-corrected chi connectivity index (χ2v) is 11.0. The smallest absolute Gasteiger partial charge is 0.317 e. The van der Waals surface area contributed by atoms with Gasteiger partial charge in [-0.15, -0.1) is 0 Å². The third kappa shape index (κ3) is 5.68. The van der Waals surface area contributed by atoms with E-state index in [-0.39, 0.29) is 18.6 Å². The van der Waals surface area contributed by atoms with E-state index in [9.17, 15) is 14.3 Å². The Morgan fingerprint density at radius 3 is 2.11 bits per heavy atom. The van der Waals surface area contributed by atoms with Gasteiger partial charge in [-0.05, 0) is 41.0 Å². The number of hydrogen-bond donors (Lipinski definition) is 1. The first kappa shape index (κ1) is 29.8. The van der Waals surface area contributed by atoms with Crippen molar-refractivity contribution in [2.75, 3.05) is 20.8 Å². The van der Waals surface area contributed by atoms with Gasteiger partial charge in [-0.25, -0.2) is 4.98 Å². The van der Waals surface area contributed by atoms with Crippen LogP contribution in [0.5, 0.6) is 11.5 Å². The highest BCUT2D eigenvalue weighted by molar-refractivity contribution is 7.32. The molecular formula is C32H32N3O8P. The maximum atomic E-state index is 12.3. The second-order valence-electron chi connectivity index (χ2n) is 10.3. The number of methoxy groups -OCH3 is 2. The van der Waals surface area contributed by atoms with Gasteiger partial charge in [0, 0.05) is 31.1 Å². The molecule has 0 aliphatic carbocycles. The van der Waals surface area contributed by atoms with Gasteiger partial charge in [0.2, 0.25) is 5.78 Å². The Bertz CT molecular complexity index is 1740. The lowest BCUT2D eigenvalue weighted by Gasteiger charge is -2.37. The standard InChI is InChI=1S/C32H32N3O8P/c1-39-25-12-8-23(9-13-25)32(22-6-4-3-5-7-22,24-10-14-26(40-2)15-11-24)41-21-27-20-28(43-44(37)38)30(42-27)35-18-16-29(36)34-19-17-33-31(34)35/h3-19,27-28,30,44H,20-21H2,1-2H3,(H,37,38)/t27-,28+,30+/m0/s1. The number of ether oxygens (including phenoxy) is 4. The summed E-state index contributed by atoms with van der Waals surface area (Å²) < 4.78 is 44.6. The molecule has 0 spiro atoms. The Labute approximate surface area is 254 Å². The zero-order chi connectivity index (χ0) is 30.7. The predicted octanol–water partition coefficient (Wildman–Crippen LogP) is 4.58. The normalized spacial score (nSPS) is 19.2. The number of rotatable bonds is 11. The molecule has 0 amide bonds. The summed E-state index contributed by atoms with van der Waals surface area (Å²) in [6, 6.07) is 26.7. The highest BCUT2D eigenvalue weighted by Gasteiger charge is 2.43. The van der Waals surface area contributed by atoms with Gasteiger partial charge in [-0.3, -0.25) is 18.3 Å². The first-order valence-corrected chi connectivity index (χ1v) is 15.3. The molecule has 6 rings (SSSR count). The van der Waals surface area contributed by atoms with E-state index in [1.54, 1.807) is 31.2 Å². The molecule has 5 aromatic rings. The SMILES string of the molecule is COc1ccc(C(OC[C@@H]2C[C@@H](O[PH](=O)O)[C@H](n3ccc(=O)n4ccnc34)O2)(c2ccccc2)c2ccc(OC)cc2)cc1. The maximum Gasteiger partial charge on any atom is 0.317 e.